The molecule has 0 aromatic heterocycles. The van der Waals surface area contributed by atoms with Crippen molar-refractivity contribution in [3.8, 4) is 5.75 Å². The SMILES string of the molecule is CC(C)c1cc(C(C)C)c(CC(=O)NS(=O)(=O)Oc2c(C(C)C)cc(N(S)C(=O)Nc3ccccc3)cc2C(C)C)c(C(C)C)c1. The van der Waals surface area contributed by atoms with Crippen LogP contribution >= 0.6 is 12.8 Å². The summed E-state index contributed by atoms with van der Waals surface area (Å²) < 4.78 is 35.9. The van der Waals surface area contributed by atoms with Crippen LogP contribution in [0.1, 0.15) is 132 Å². The van der Waals surface area contributed by atoms with Gasteiger partial charge in [0.1, 0.15) is 0 Å². The molecule has 8 nitrogen and oxygen atoms in total. The van der Waals surface area contributed by atoms with Gasteiger partial charge < -0.3 is 9.50 Å². The highest BCUT2D eigenvalue weighted by Gasteiger charge is 2.27. The summed E-state index contributed by atoms with van der Waals surface area (Å²) in [5.74, 6) is -0.295. The molecule has 0 aliphatic carbocycles. The van der Waals surface area contributed by atoms with Crippen molar-refractivity contribution < 1.29 is 22.2 Å². The number of carbonyl (C=O) groups excluding carboxylic acids is 2. The molecule has 0 fully saturated rings. The second-order valence-electron chi connectivity index (χ2n) is 13.3. The fraction of sp³-hybridized carbons (Fsp3) is 0.444. The number of amides is 3. The van der Waals surface area contributed by atoms with E-state index >= 15 is 0 Å². The lowest BCUT2D eigenvalue weighted by atomic mass is 9.83. The van der Waals surface area contributed by atoms with Gasteiger partial charge in [0.05, 0.1) is 12.1 Å². The third-order valence-corrected chi connectivity index (χ3v) is 9.13. The molecule has 0 saturated carbocycles. The first kappa shape index (κ1) is 37.0. The van der Waals surface area contributed by atoms with E-state index in [2.05, 4.69) is 76.5 Å². The van der Waals surface area contributed by atoms with Gasteiger partial charge in [-0.25, -0.2) is 13.8 Å². The summed E-state index contributed by atoms with van der Waals surface area (Å²) >= 11 is 4.46. The number of urea groups is 1. The van der Waals surface area contributed by atoms with Crippen LogP contribution in [0.3, 0.4) is 0 Å². The molecule has 0 aliphatic heterocycles. The summed E-state index contributed by atoms with van der Waals surface area (Å²) in [6.45, 7) is 20.2. The zero-order chi connectivity index (χ0) is 34.5. The maximum atomic E-state index is 13.4. The van der Waals surface area contributed by atoms with E-state index in [1.54, 1.807) is 24.3 Å². The molecular weight excluding hydrogens is 619 g/mol. The number of anilines is 2. The zero-order valence-corrected chi connectivity index (χ0v) is 30.3. The van der Waals surface area contributed by atoms with Gasteiger partial charge in [-0.1, -0.05) is 112 Å². The number of benzene rings is 3. The van der Waals surface area contributed by atoms with Crippen molar-refractivity contribution >= 4 is 46.4 Å². The van der Waals surface area contributed by atoms with Crippen LogP contribution in [0, 0.1) is 0 Å². The normalized spacial score (nSPS) is 11.9. The fourth-order valence-electron chi connectivity index (χ4n) is 5.33. The molecule has 46 heavy (non-hydrogen) atoms. The van der Waals surface area contributed by atoms with E-state index in [9.17, 15) is 18.0 Å². The molecule has 0 aliphatic rings. The van der Waals surface area contributed by atoms with E-state index < -0.39 is 22.2 Å². The van der Waals surface area contributed by atoms with Crippen molar-refractivity contribution in [1.82, 2.24) is 4.72 Å². The van der Waals surface area contributed by atoms with Crippen LogP contribution < -0.4 is 18.5 Å². The second kappa shape index (κ2) is 15.4. The summed E-state index contributed by atoms with van der Waals surface area (Å²) in [6.07, 6.45) is -0.0971. The van der Waals surface area contributed by atoms with E-state index in [1.807, 2.05) is 45.9 Å². The predicted molar refractivity (Wildman–Crippen MR) is 192 cm³/mol. The molecule has 3 amide bonds. The molecule has 250 valence electrons. The molecule has 10 heteroatoms. The van der Waals surface area contributed by atoms with Gasteiger partial charge in [-0.15, -0.1) is 0 Å². The van der Waals surface area contributed by atoms with Gasteiger partial charge in [0, 0.05) is 16.8 Å². The number of hydrogen-bond donors (Lipinski definition) is 3. The van der Waals surface area contributed by atoms with Crippen LogP contribution in [0.15, 0.2) is 54.6 Å². The van der Waals surface area contributed by atoms with Crippen LogP contribution in [0.4, 0.5) is 16.2 Å². The monoisotopic (exact) mass is 667 g/mol. The lowest BCUT2D eigenvalue weighted by molar-refractivity contribution is -0.118. The maximum absolute atomic E-state index is 13.4. The van der Waals surface area contributed by atoms with Crippen molar-refractivity contribution in [2.45, 2.75) is 105 Å². The average molecular weight is 668 g/mol. The maximum Gasteiger partial charge on any atom is 0.409 e. The Balaban J connectivity index is 1.94. The molecule has 0 unspecified atom stereocenters. The van der Waals surface area contributed by atoms with Gasteiger partial charge in [-0.2, -0.15) is 8.42 Å². The Bertz CT molecular complexity index is 1590. The van der Waals surface area contributed by atoms with E-state index in [-0.39, 0.29) is 35.8 Å². The summed E-state index contributed by atoms with van der Waals surface area (Å²) in [5.41, 5.74) is 6.28. The van der Waals surface area contributed by atoms with Crippen LogP contribution in [0.2, 0.25) is 0 Å². The van der Waals surface area contributed by atoms with Crippen LogP contribution in [-0.4, -0.2) is 20.4 Å². The van der Waals surface area contributed by atoms with E-state index in [0.29, 0.717) is 28.4 Å². The Morgan fingerprint density at radius 2 is 1.22 bits per heavy atom. The van der Waals surface area contributed by atoms with Crippen LogP contribution in [0.25, 0.3) is 0 Å². The van der Waals surface area contributed by atoms with E-state index in [4.69, 9.17) is 4.18 Å². The minimum atomic E-state index is -4.56. The van der Waals surface area contributed by atoms with E-state index in [0.717, 1.165) is 16.7 Å². The largest absolute Gasteiger partial charge is 0.409 e. The van der Waals surface area contributed by atoms with E-state index in [1.165, 1.54) is 9.87 Å². The van der Waals surface area contributed by atoms with Gasteiger partial charge in [0.25, 0.3) is 0 Å². The second-order valence-corrected chi connectivity index (χ2v) is 14.9. The molecule has 0 radical (unpaired) electrons. The predicted octanol–water partition coefficient (Wildman–Crippen LogP) is 9.17. The van der Waals surface area contributed by atoms with Crippen molar-refractivity contribution in [2.24, 2.45) is 0 Å². The molecule has 0 saturated heterocycles. The summed E-state index contributed by atoms with van der Waals surface area (Å²) in [5, 5.41) is 2.80. The molecule has 3 aromatic rings. The Labute approximate surface area is 281 Å². The highest BCUT2D eigenvalue weighted by Crippen LogP contribution is 2.40. The topological polar surface area (TPSA) is 105 Å². The summed E-state index contributed by atoms with van der Waals surface area (Å²) in [6, 6.07) is 16.2. The Morgan fingerprint density at radius 3 is 1.65 bits per heavy atom. The molecule has 0 bridgehead atoms. The van der Waals surface area contributed by atoms with Gasteiger partial charge >= 0.3 is 16.3 Å². The van der Waals surface area contributed by atoms with Gasteiger partial charge in [0.15, 0.2) is 5.75 Å². The first-order valence-electron chi connectivity index (χ1n) is 15.9. The number of rotatable bonds is 12. The molecule has 0 heterocycles. The Hall–Kier alpha value is -3.50. The fourth-order valence-corrected chi connectivity index (χ4v) is 6.30. The lowest BCUT2D eigenvalue weighted by Crippen LogP contribution is -2.36. The third-order valence-electron chi connectivity index (χ3n) is 7.86. The molecular formula is C36H49N3O5S2. The molecule has 3 aromatic carbocycles. The first-order chi connectivity index (χ1) is 21.4. The van der Waals surface area contributed by atoms with Crippen molar-refractivity contribution in [1.29, 1.82) is 0 Å². The number of thiol groups is 1. The standard InChI is InChI=1S/C36H49N3O5S2/c1-21(2)26-16-29(22(3)4)33(30(17-26)23(5)6)20-34(40)38-46(42,43)44-35-31(24(7)8)18-28(19-32(35)25(9)10)39(45)36(41)37-27-14-12-11-13-15-27/h11-19,21-25,45H,20H2,1-10H3,(H,37,41)(H,38,40). The summed E-state index contributed by atoms with van der Waals surface area (Å²) in [4.78, 5) is 26.4. The molecule has 3 rings (SSSR count). The van der Waals surface area contributed by atoms with Gasteiger partial charge in [-0.3, -0.25) is 4.79 Å². The van der Waals surface area contributed by atoms with Gasteiger partial charge in [-0.05, 0) is 76.1 Å². The van der Waals surface area contributed by atoms with Crippen molar-refractivity contribution in [3.05, 3.63) is 88.0 Å². The molecule has 0 atom stereocenters. The van der Waals surface area contributed by atoms with Crippen LogP contribution in [-0.2, 0) is 21.5 Å². The quantitative estimate of drug-likeness (QED) is 0.167. The Kier molecular flexibility index (Phi) is 12.4. The van der Waals surface area contributed by atoms with Crippen molar-refractivity contribution in [3.63, 3.8) is 0 Å². The highest BCUT2D eigenvalue weighted by atomic mass is 32.2. The minimum Gasteiger partial charge on any atom is -0.366 e. The minimum absolute atomic E-state index is 0.0971. The van der Waals surface area contributed by atoms with Gasteiger partial charge in [0.2, 0.25) is 5.91 Å². The number of carbonyl (C=O) groups is 2. The molecule has 2 N–H and O–H groups in total. The number of hydrogen-bond acceptors (Lipinski definition) is 6. The first-order valence-corrected chi connectivity index (χ1v) is 17.7. The number of para-hydroxylation sites is 1. The van der Waals surface area contributed by atoms with Crippen LogP contribution in [0.5, 0.6) is 5.75 Å². The number of nitrogens with zero attached hydrogens (tertiary/aromatic N) is 1. The number of nitrogens with one attached hydrogen (secondary N) is 2. The smallest absolute Gasteiger partial charge is 0.366 e. The average Bonchev–Trinajstić information content (AvgIpc) is 2.96. The Morgan fingerprint density at radius 1 is 0.739 bits per heavy atom. The molecule has 0 spiro atoms. The van der Waals surface area contributed by atoms with Crippen molar-refractivity contribution in [2.75, 3.05) is 9.62 Å². The highest BCUT2D eigenvalue weighted by molar-refractivity contribution is 7.85. The zero-order valence-electron chi connectivity index (χ0n) is 28.6. The summed E-state index contributed by atoms with van der Waals surface area (Å²) in [7, 11) is -4.56. The lowest BCUT2D eigenvalue weighted by Gasteiger charge is -2.24. The third kappa shape index (κ3) is 9.28.